The maximum atomic E-state index is 5.86. The van der Waals surface area contributed by atoms with Crippen LogP contribution in [0.4, 0.5) is 11.4 Å². The molecule has 0 spiro atoms. The Morgan fingerprint density at radius 3 is 2.70 bits per heavy atom. The van der Waals surface area contributed by atoms with E-state index in [2.05, 4.69) is 21.9 Å². The SMILES string of the molecule is Nc1cccc(N2CCN(CC3CCCCO3)CC2)c1. The molecule has 1 atom stereocenters. The molecule has 0 radical (unpaired) electrons. The Morgan fingerprint density at radius 2 is 2.00 bits per heavy atom. The standard InChI is InChI=1S/C16H25N3O/c17-14-4-3-5-15(12-14)19-9-7-18(8-10-19)13-16-6-1-2-11-20-16/h3-5,12,16H,1-2,6-11,13,17H2. The maximum Gasteiger partial charge on any atom is 0.0702 e. The Bertz CT molecular complexity index is 423. The van der Waals surface area contributed by atoms with Crippen LogP contribution in [0.3, 0.4) is 0 Å². The highest BCUT2D eigenvalue weighted by Crippen LogP contribution is 2.20. The predicted octanol–water partition coefficient (Wildman–Crippen LogP) is 1.96. The second-order valence-electron chi connectivity index (χ2n) is 5.87. The van der Waals surface area contributed by atoms with E-state index in [0.717, 1.165) is 45.0 Å². The molecular formula is C16H25N3O. The van der Waals surface area contributed by atoms with Crippen molar-refractivity contribution < 1.29 is 4.74 Å². The molecule has 1 aromatic rings. The third-order valence-electron chi connectivity index (χ3n) is 4.34. The molecule has 3 rings (SSSR count). The van der Waals surface area contributed by atoms with Crippen LogP contribution in [-0.2, 0) is 4.74 Å². The molecule has 0 aromatic heterocycles. The number of hydrogen-bond acceptors (Lipinski definition) is 4. The number of ether oxygens (including phenoxy) is 1. The van der Waals surface area contributed by atoms with Crippen LogP contribution in [0.5, 0.6) is 0 Å². The van der Waals surface area contributed by atoms with E-state index >= 15 is 0 Å². The first-order valence-corrected chi connectivity index (χ1v) is 7.76. The third-order valence-corrected chi connectivity index (χ3v) is 4.34. The fourth-order valence-electron chi connectivity index (χ4n) is 3.15. The number of nitrogens with two attached hydrogens (primary N) is 1. The summed E-state index contributed by atoms with van der Waals surface area (Å²) in [5, 5.41) is 0. The van der Waals surface area contributed by atoms with Gasteiger partial charge in [0.15, 0.2) is 0 Å². The average molecular weight is 275 g/mol. The minimum atomic E-state index is 0.461. The normalized spacial score (nSPS) is 24.8. The zero-order valence-corrected chi connectivity index (χ0v) is 12.1. The lowest BCUT2D eigenvalue weighted by molar-refractivity contribution is -0.00644. The second-order valence-corrected chi connectivity index (χ2v) is 5.87. The molecule has 0 bridgehead atoms. The smallest absolute Gasteiger partial charge is 0.0702 e. The van der Waals surface area contributed by atoms with Crippen LogP contribution in [0.15, 0.2) is 24.3 Å². The summed E-state index contributed by atoms with van der Waals surface area (Å²) in [7, 11) is 0. The highest BCUT2D eigenvalue weighted by molar-refractivity contribution is 5.56. The van der Waals surface area contributed by atoms with Crippen molar-refractivity contribution in [3.63, 3.8) is 0 Å². The number of anilines is 2. The molecule has 0 aliphatic carbocycles. The number of nitrogen functional groups attached to an aromatic ring is 1. The van der Waals surface area contributed by atoms with E-state index in [-0.39, 0.29) is 0 Å². The van der Waals surface area contributed by atoms with Gasteiger partial charge in [-0.1, -0.05) is 6.07 Å². The Hall–Kier alpha value is -1.26. The van der Waals surface area contributed by atoms with Gasteiger partial charge in [0, 0.05) is 50.7 Å². The van der Waals surface area contributed by atoms with Crippen LogP contribution in [0.2, 0.25) is 0 Å². The predicted molar refractivity (Wildman–Crippen MR) is 83.1 cm³/mol. The third kappa shape index (κ3) is 3.44. The molecule has 2 aliphatic heterocycles. The number of nitrogens with zero attached hydrogens (tertiary/aromatic N) is 2. The van der Waals surface area contributed by atoms with E-state index in [0.29, 0.717) is 6.10 Å². The molecule has 2 heterocycles. The van der Waals surface area contributed by atoms with Crippen LogP contribution in [0.1, 0.15) is 19.3 Å². The average Bonchev–Trinajstić information content (AvgIpc) is 2.49. The molecule has 2 N–H and O–H groups in total. The van der Waals surface area contributed by atoms with Crippen LogP contribution in [0.25, 0.3) is 0 Å². The highest BCUT2D eigenvalue weighted by Gasteiger charge is 2.22. The van der Waals surface area contributed by atoms with Crippen LogP contribution < -0.4 is 10.6 Å². The van der Waals surface area contributed by atoms with Crippen molar-refractivity contribution in [3.8, 4) is 0 Å². The van der Waals surface area contributed by atoms with Gasteiger partial charge in [-0.2, -0.15) is 0 Å². The summed E-state index contributed by atoms with van der Waals surface area (Å²) in [6.07, 6.45) is 4.26. The summed E-state index contributed by atoms with van der Waals surface area (Å²) in [6.45, 7) is 6.45. The van der Waals surface area contributed by atoms with Gasteiger partial charge < -0.3 is 15.4 Å². The first-order chi connectivity index (χ1) is 9.81. The van der Waals surface area contributed by atoms with E-state index in [4.69, 9.17) is 10.5 Å². The van der Waals surface area contributed by atoms with Gasteiger partial charge in [0.05, 0.1) is 6.10 Å². The Morgan fingerprint density at radius 1 is 1.15 bits per heavy atom. The summed E-state index contributed by atoms with van der Waals surface area (Å²) in [4.78, 5) is 4.97. The van der Waals surface area contributed by atoms with E-state index < -0.39 is 0 Å². The highest BCUT2D eigenvalue weighted by atomic mass is 16.5. The Kier molecular flexibility index (Phi) is 4.43. The van der Waals surface area contributed by atoms with Crippen molar-refractivity contribution in [1.29, 1.82) is 0 Å². The number of hydrogen-bond donors (Lipinski definition) is 1. The lowest BCUT2D eigenvalue weighted by Crippen LogP contribution is -2.49. The van der Waals surface area contributed by atoms with E-state index in [1.54, 1.807) is 0 Å². The molecule has 2 aliphatic rings. The number of rotatable bonds is 3. The first kappa shape index (κ1) is 13.7. The molecule has 20 heavy (non-hydrogen) atoms. The van der Waals surface area contributed by atoms with Crippen LogP contribution >= 0.6 is 0 Å². The minimum Gasteiger partial charge on any atom is -0.399 e. The van der Waals surface area contributed by atoms with Crippen molar-refractivity contribution in [2.75, 3.05) is 50.0 Å². The number of piperazine rings is 1. The van der Waals surface area contributed by atoms with E-state index in [1.165, 1.54) is 24.9 Å². The van der Waals surface area contributed by atoms with Gasteiger partial charge >= 0.3 is 0 Å². The van der Waals surface area contributed by atoms with Gasteiger partial charge in [-0.15, -0.1) is 0 Å². The molecule has 1 aromatic carbocycles. The lowest BCUT2D eigenvalue weighted by Gasteiger charge is -2.38. The van der Waals surface area contributed by atoms with Gasteiger partial charge in [-0.25, -0.2) is 0 Å². The first-order valence-electron chi connectivity index (χ1n) is 7.76. The van der Waals surface area contributed by atoms with Crippen molar-refractivity contribution in [2.24, 2.45) is 0 Å². The molecule has 0 saturated carbocycles. The molecule has 4 heteroatoms. The monoisotopic (exact) mass is 275 g/mol. The van der Waals surface area contributed by atoms with Gasteiger partial charge in [-0.3, -0.25) is 4.90 Å². The second kappa shape index (κ2) is 6.46. The molecule has 1 unspecified atom stereocenters. The molecule has 4 nitrogen and oxygen atoms in total. The fraction of sp³-hybridized carbons (Fsp3) is 0.625. The summed E-state index contributed by atoms with van der Waals surface area (Å²) < 4.78 is 5.84. The molecule has 2 saturated heterocycles. The van der Waals surface area contributed by atoms with Crippen LogP contribution in [0, 0.1) is 0 Å². The van der Waals surface area contributed by atoms with Crippen molar-refractivity contribution in [2.45, 2.75) is 25.4 Å². The van der Waals surface area contributed by atoms with Gasteiger partial charge in [0.1, 0.15) is 0 Å². The zero-order valence-electron chi connectivity index (χ0n) is 12.1. The summed E-state index contributed by atoms with van der Waals surface area (Å²) in [6, 6.07) is 8.20. The zero-order chi connectivity index (χ0) is 13.8. The van der Waals surface area contributed by atoms with Crippen LogP contribution in [-0.4, -0.2) is 50.3 Å². The quantitative estimate of drug-likeness (QED) is 0.856. The molecular weight excluding hydrogens is 250 g/mol. The minimum absolute atomic E-state index is 0.461. The van der Waals surface area contributed by atoms with Gasteiger partial charge in [0.2, 0.25) is 0 Å². The largest absolute Gasteiger partial charge is 0.399 e. The van der Waals surface area contributed by atoms with E-state index in [1.807, 2.05) is 12.1 Å². The Balaban J connectivity index is 1.49. The van der Waals surface area contributed by atoms with Gasteiger partial charge in [-0.05, 0) is 37.5 Å². The molecule has 0 amide bonds. The summed E-state index contributed by atoms with van der Waals surface area (Å²) >= 11 is 0. The van der Waals surface area contributed by atoms with E-state index in [9.17, 15) is 0 Å². The fourth-order valence-corrected chi connectivity index (χ4v) is 3.15. The Labute approximate surface area is 121 Å². The van der Waals surface area contributed by atoms with Crippen molar-refractivity contribution in [3.05, 3.63) is 24.3 Å². The summed E-state index contributed by atoms with van der Waals surface area (Å²) in [5.41, 5.74) is 7.96. The maximum absolute atomic E-state index is 5.86. The molecule has 2 fully saturated rings. The van der Waals surface area contributed by atoms with Crippen molar-refractivity contribution >= 4 is 11.4 Å². The molecule has 110 valence electrons. The summed E-state index contributed by atoms with van der Waals surface area (Å²) in [5.74, 6) is 0. The number of benzene rings is 1. The topological polar surface area (TPSA) is 41.7 Å². The lowest BCUT2D eigenvalue weighted by atomic mass is 10.1. The van der Waals surface area contributed by atoms with Gasteiger partial charge in [0.25, 0.3) is 0 Å². The van der Waals surface area contributed by atoms with Crippen molar-refractivity contribution in [1.82, 2.24) is 4.90 Å².